The van der Waals surface area contributed by atoms with E-state index in [1.165, 1.54) is 24.1 Å². The summed E-state index contributed by atoms with van der Waals surface area (Å²) in [6.45, 7) is 11.6. The highest BCUT2D eigenvalue weighted by Gasteiger charge is 2.31. The highest BCUT2D eigenvalue weighted by Crippen LogP contribution is 2.33. The van der Waals surface area contributed by atoms with Crippen LogP contribution in [0.4, 0.5) is 30.2 Å². The highest BCUT2D eigenvalue weighted by atomic mass is 32.2. The molecule has 1 N–H and O–H groups in total. The molecule has 10 heteroatoms. The lowest BCUT2D eigenvalue weighted by Crippen LogP contribution is -2.44. The molecule has 40 heavy (non-hydrogen) atoms. The van der Waals surface area contributed by atoms with E-state index < -0.39 is 6.36 Å². The zero-order chi connectivity index (χ0) is 29.5. The van der Waals surface area contributed by atoms with Crippen LogP contribution >= 0.6 is 11.9 Å². The maximum atomic E-state index is 12.0. The molecule has 0 amide bonds. The lowest BCUT2D eigenvalue weighted by Gasteiger charge is -2.34. The molecule has 0 aliphatic carbocycles. The summed E-state index contributed by atoms with van der Waals surface area (Å²) in [5, 5.41) is 0. The summed E-state index contributed by atoms with van der Waals surface area (Å²) in [5.41, 5.74) is 4.68. The van der Waals surface area contributed by atoms with Crippen molar-refractivity contribution in [3.63, 3.8) is 0 Å². The standard InChI is InChI=1S/C16H16N2OS.C12H15F3N2O.C2H6/c1-3-17-16-12(2)5-4-6-15(16)20-18-14-9-7-13(11-19)8-10-14;1-16-6-8-17(9-7-16)10-2-4-11(5-3-10)18-12(13,14)15;1-2/h3-11,18H,1-2H3;2-5H,6-9H2,1H3;1-2H3. The van der Waals surface area contributed by atoms with Gasteiger partial charge in [-0.3, -0.25) is 9.79 Å². The van der Waals surface area contributed by atoms with Gasteiger partial charge in [-0.05, 0) is 93.0 Å². The number of aliphatic imine (C=N–C) groups is 1. The summed E-state index contributed by atoms with van der Waals surface area (Å²) >= 11 is 1.52. The van der Waals surface area contributed by atoms with Gasteiger partial charge in [0.2, 0.25) is 0 Å². The number of hydrogen-bond donors (Lipinski definition) is 1. The minimum atomic E-state index is -4.63. The molecular formula is C30H37F3N4O2S. The van der Waals surface area contributed by atoms with E-state index in [2.05, 4.69) is 31.3 Å². The minimum Gasteiger partial charge on any atom is -0.406 e. The van der Waals surface area contributed by atoms with Crippen LogP contribution in [0.15, 0.2) is 76.6 Å². The van der Waals surface area contributed by atoms with Crippen molar-refractivity contribution in [2.75, 3.05) is 42.8 Å². The molecule has 1 saturated heterocycles. The molecule has 1 fully saturated rings. The predicted octanol–water partition coefficient (Wildman–Crippen LogP) is 8.01. The van der Waals surface area contributed by atoms with Crippen LogP contribution in [0.3, 0.4) is 0 Å². The molecule has 1 heterocycles. The fourth-order valence-electron chi connectivity index (χ4n) is 3.68. The number of carbonyl (C=O) groups is 1. The topological polar surface area (TPSA) is 57.2 Å². The van der Waals surface area contributed by atoms with Crippen LogP contribution in [0.1, 0.15) is 36.7 Å². The van der Waals surface area contributed by atoms with E-state index in [1.54, 1.807) is 30.5 Å². The Kier molecular flexibility index (Phi) is 13.5. The Hall–Kier alpha value is -3.50. The van der Waals surface area contributed by atoms with Gasteiger partial charge in [-0.25, -0.2) is 0 Å². The number of alkyl halides is 3. The highest BCUT2D eigenvalue weighted by molar-refractivity contribution is 8.00. The van der Waals surface area contributed by atoms with Gasteiger partial charge in [0.05, 0.1) is 10.6 Å². The van der Waals surface area contributed by atoms with Crippen molar-refractivity contribution in [1.29, 1.82) is 0 Å². The fourth-order valence-corrected chi connectivity index (χ4v) is 4.50. The van der Waals surface area contributed by atoms with E-state index in [9.17, 15) is 18.0 Å². The maximum Gasteiger partial charge on any atom is 0.573 e. The fraction of sp³-hybridized carbons (Fsp3) is 0.333. The smallest absolute Gasteiger partial charge is 0.406 e. The molecule has 0 saturated carbocycles. The van der Waals surface area contributed by atoms with Crippen LogP contribution in [-0.2, 0) is 0 Å². The Morgan fingerprint density at radius 1 is 0.950 bits per heavy atom. The third-order valence-electron chi connectivity index (χ3n) is 5.72. The normalized spacial score (nSPS) is 13.6. The summed E-state index contributed by atoms with van der Waals surface area (Å²) in [7, 11) is 2.05. The van der Waals surface area contributed by atoms with Gasteiger partial charge in [0.15, 0.2) is 0 Å². The number of nitrogens with zero attached hydrogens (tertiary/aromatic N) is 3. The summed E-state index contributed by atoms with van der Waals surface area (Å²) < 4.78 is 43.1. The number of anilines is 2. The quantitative estimate of drug-likeness (QED) is 0.175. The molecule has 1 aliphatic heterocycles. The SMILES string of the molecule is CC.CC=Nc1c(C)cccc1SNc1ccc(C=O)cc1.CN1CCN(c2ccc(OC(F)(F)F)cc2)CC1. The number of ether oxygens (including phenoxy) is 1. The molecule has 1 aliphatic rings. The van der Waals surface area contributed by atoms with Crippen LogP contribution in [0, 0.1) is 6.92 Å². The van der Waals surface area contributed by atoms with Gasteiger partial charge in [0.1, 0.15) is 12.0 Å². The van der Waals surface area contributed by atoms with Crippen molar-refractivity contribution in [3.05, 3.63) is 77.9 Å². The van der Waals surface area contributed by atoms with Crippen LogP contribution in [0.2, 0.25) is 0 Å². The number of piperazine rings is 1. The minimum absolute atomic E-state index is 0.180. The van der Waals surface area contributed by atoms with E-state index in [0.29, 0.717) is 5.56 Å². The summed E-state index contributed by atoms with van der Waals surface area (Å²) in [6, 6.07) is 19.5. The Morgan fingerprint density at radius 2 is 1.57 bits per heavy atom. The third-order valence-corrected chi connectivity index (χ3v) is 6.61. The Bertz CT molecular complexity index is 1200. The molecule has 4 rings (SSSR count). The molecule has 6 nitrogen and oxygen atoms in total. The largest absolute Gasteiger partial charge is 0.573 e. The number of aryl methyl sites for hydroxylation is 1. The molecule has 0 bridgehead atoms. The zero-order valence-electron chi connectivity index (χ0n) is 23.5. The van der Waals surface area contributed by atoms with Crippen molar-refractivity contribution >= 4 is 41.5 Å². The van der Waals surface area contributed by atoms with Gasteiger partial charge < -0.3 is 19.3 Å². The van der Waals surface area contributed by atoms with Crippen molar-refractivity contribution in [2.45, 2.75) is 39.0 Å². The second-order valence-electron chi connectivity index (χ2n) is 8.58. The van der Waals surface area contributed by atoms with Gasteiger partial charge in [-0.2, -0.15) is 0 Å². The first-order valence-corrected chi connectivity index (χ1v) is 13.9. The number of para-hydroxylation sites is 1. The molecule has 0 unspecified atom stereocenters. The molecule has 0 aromatic heterocycles. The summed E-state index contributed by atoms with van der Waals surface area (Å²) in [4.78, 5) is 20.5. The lowest BCUT2D eigenvalue weighted by molar-refractivity contribution is -0.274. The van der Waals surface area contributed by atoms with Crippen LogP contribution in [0.25, 0.3) is 0 Å². The Balaban J connectivity index is 0.000000265. The predicted molar refractivity (Wildman–Crippen MR) is 160 cm³/mol. The number of carbonyl (C=O) groups excluding carboxylic acids is 1. The van der Waals surface area contributed by atoms with Crippen molar-refractivity contribution in [3.8, 4) is 5.75 Å². The maximum absolute atomic E-state index is 12.0. The molecule has 0 spiro atoms. The molecule has 3 aromatic carbocycles. The van der Waals surface area contributed by atoms with Gasteiger partial charge in [-0.15, -0.1) is 13.2 Å². The van der Waals surface area contributed by atoms with Crippen LogP contribution < -0.4 is 14.4 Å². The van der Waals surface area contributed by atoms with E-state index >= 15 is 0 Å². The number of rotatable bonds is 7. The summed E-state index contributed by atoms with van der Waals surface area (Å²) in [5.74, 6) is -0.180. The van der Waals surface area contributed by atoms with Gasteiger partial charge >= 0.3 is 6.36 Å². The molecule has 3 aromatic rings. The van der Waals surface area contributed by atoms with E-state index in [-0.39, 0.29) is 5.75 Å². The first kappa shape index (κ1) is 32.7. The summed E-state index contributed by atoms with van der Waals surface area (Å²) in [6.07, 6.45) is -1.99. The van der Waals surface area contributed by atoms with E-state index in [4.69, 9.17) is 0 Å². The number of benzene rings is 3. The molecule has 216 valence electrons. The number of aldehydes is 1. The van der Waals surface area contributed by atoms with Crippen LogP contribution in [-0.4, -0.2) is 57.0 Å². The first-order valence-electron chi connectivity index (χ1n) is 13.0. The first-order chi connectivity index (χ1) is 19.2. The average molecular weight is 575 g/mol. The lowest BCUT2D eigenvalue weighted by atomic mass is 10.2. The average Bonchev–Trinajstić information content (AvgIpc) is 2.95. The monoisotopic (exact) mass is 574 g/mol. The number of nitrogens with one attached hydrogen (secondary N) is 1. The van der Waals surface area contributed by atoms with Crippen LogP contribution in [0.5, 0.6) is 5.75 Å². The number of hydrogen-bond acceptors (Lipinski definition) is 7. The second-order valence-corrected chi connectivity index (χ2v) is 9.43. The Labute approximate surface area is 239 Å². The number of halogens is 3. The molecule has 0 atom stereocenters. The van der Waals surface area contributed by atoms with Gasteiger partial charge in [0, 0.05) is 49.3 Å². The van der Waals surface area contributed by atoms with Gasteiger partial charge in [0.25, 0.3) is 0 Å². The number of likely N-dealkylation sites (N-methyl/N-ethyl adjacent to an activating group) is 1. The van der Waals surface area contributed by atoms with Crippen molar-refractivity contribution in [1.82, 2.24) is 4.90 Å². The van der Waals surface area contributed by atoms with E-state index in [1.807, 2.05) is 58.0 Å². The van der Waals surface area contributed by atoms with Crippen molar-refractivity contribution < 1.29 is 22.7 Å². The van der Waals surface area contributed by atoms with E-state index in [0.717, 1.165) is 60.0 Å². The molecular weight excluding hydrogens is 537 g/mol. The Morgan fingerprint density at radius 3 is 2.12 bits per heavy atom. The third kappa shape index (κ3) is 10.9. The van der Waals surface area contributed by atoms with Crippen molar-refractivity contribution in [2.24, 2.45) is 4.99 Å². The van der Waals surface area contributed by atoms with Gasteiger partial charge in [-0.1, -0.05) is 26.0 Å². The zero-order valence-corrected chi connectivity index (χ0v) is 24.4. The second kappa shape index (κ2) is 16.6. The molecule has 0 radical (unpaired) electrons.